The average molecular weight is 733 g/mol. The minimum atomic E-state index is -1.18. The molecule has 0 bridgehead atoms. The zero-order chi connectivity index (χ0) is 37.3. The number of nitrogens with one attached hydrogen (secondary N) is 1. The number of nitriles is 1. The molecule has 1 aliphatic rings. The van der Waals surface area contributed by atoms with Gasteiger partial charge in [-0.3, -0.25) is 20.0 Å². The number of halogens is 1. The van der Waals surface area contributed by atoms with E-state index in [1.54, 1.807) is 24.4 Å². The standard InChI is InChI=1S/C41H41ClN6O5/c1-26-31(7-5-8-33(26)34-9-6-10-35(27(34)2)40-46-19-30(20-47-40)22-48-11-3-4-12-48)25-53-39-15-38(52-24-29-13-28(16-43)17-44-18-29)32(14-36(39)42)21-45-37(23-49)41(50)51/h5-10,13-15,17-20,37,45,49H,3-4,11-12,21-25H2,1-2H3,(H,50,51). The van der Waals surface area contributed by atoms with E-state index >= 15 is 0 Å². The summed E-state index contributed by atoms with van der Waals surface area (Å²) in [4.78, 5) is 27.5. The Bertz CT molecular complexity index is 2110. The summed E-state index contributed by atoms with van der Waals surface area (Å²) in [6.45, 7) is 7.06. The lowest BCUT2D eigenvalue weighted by molar-refractivity contribution is -0.140. The van der Waals surface area contributed by atoms with Gasteiger partial charge in [-0.2, -0.15) is 5.26 Å². The number of likely N-dealkylation sites (tertiary alicyclic amines) is 1. The van der Waals surface area contributed by atoms with E-state index in [0.717, 1.165) is 58.6 Å². The van der Waals surface area contributed by atoms with Crippen LogP contribution in [0.1, 0.15) is 51.8 Å². The van der Waals surface area contributed by atoms with Gasteiger partial charge in [-0.25, -0.2) is 9.97 Å². The van der Waals surface area contributed by atoms with Crippen molar-refractivity contribution in [2.75, 3.05) is 19.7 Å². The topological polar surface area (TPSA) is 154 Å². The number of pyridine rings is 1. The molecular weight excluding hydrogens is 692 g/mol. The lowest BCUT2D eigenvalue weighted by Gasteiger charge is -2.19. The zero-order valence-electron chi connectivity index (χ0n) is 29.7. The first-order chi connectivity index (χ1) is 25.7. The number of carboxylic acid groups (broad SMARTS) is 1. The predicted octanol–water partition coefficient (Wildman–Crippen LogP) is 6.64. The summed E-state index contributed by atoms with van der Waals surface area (Å²) < 4.78 is 12.4. The summed E-state index contributed by atoms with van der Waals surface area (Å²) >= 11 is 6.72. The molecule has 6 rings (SSSR count). The van der Waals surface area contributed by atoms with Gasteiger partial charge in [0.05, 0.1) is 17.2 Å². The first-order valence-corrected chi connectivity index (χ1v) is 17.8. The molecule has 3 N–H and O–H groups in total. The van der Waals surface area contributed by atoms with Crippen molar-refractivity contribution in [3.63, 3.8) is 0 Å². The number of ether oxygens (including phenoxy) is 2. The van der Waals surface area contributed by atoms with Gasteiger partial charge in [0.15, 0.2) is 5.82 Å². The molecule has 1 unspecified atom stereocenters. The van der Waals surface area contributed by atoms with Gasteiger partial charge in [0.1, 0.15) is 36.8 Å². The summed E-state index contributed by atoms with van der Waals surface area (Å²) in [6, 6.07) is 18.2. The number of nitrogens with zero attached hydrogens (tertiary/aromatic N) is 5. The third-order valence-corrected chi connectivity index (χ3v) is 9.75. The quantitative estimate of drug-likeness (QED) is 0.106. The van der Waals surface area contributed by atoms with E-state index in [0.29, 0.717) is 39.0 Å². The number of aliphatic hydroxyl groups is 1. The van der Waals surface area contributed by atoms with Crippen molar-refractivity contribution in [1.29, 1.82) is 5.26 Å². The van der Waals surface area contributed by atoms with Crippen molar-refractivity contribution in [3.8, 4) is 40.1 Å². The van der Waals surface area contributed by atoms with E-state index in [4.69, 9.17) is 31.0 Å². The number of aliphatic hydroxyl groups excluding tert-OH is 1. The van der Waals surface area contributed by atoms with Gasteiger partial charge in [-0.05, 0) is 79.7 Å². The molecule has 1 aliphatic heterocycles. The van der Waals surface area contributed by atoms with Crippen LogP contribution < -0.4 is 14.8 Å². The van der Waals surface area contributed by atoms with E-state index in [1.807, 2.05) is 30.6 Å². The van der Waals surface area contributed by atoms with Crippen LogP contribution in [0, 0.1) is 25.2 Å². The van der Waals surface area contributed by atoms with E-state index in [1.165, 1.54) is 19.0 Å². The number of benzene rings is 3. The van der Waals surface area contributed by atoms with Gasteiger partial charge in [-0.1, -0.05) is 48.0 Å². The van der Waals surface area contributed by atoms with Crippen LogP contribution in [0.3, 0.4) is 0 Å². The smallest absolute Gasteiger partial charge is 0.323 e. The highest BCUT2D eigenvalue weighted by Crippen LogP contribution is 2.36. The Morgan fingerprint density at radius 1 is 0.906 bits per heavy atom. The zero-order valence-corrected chi connectivity index (χ0v) is 30.4. The van der Waals surface area contributed by atoms with E-state index in [9.17, 15) is 20.3 Å². The number of aliphatic carboxylic acids is 1. The van der Waals surface area contributed by atoms with Gasteiger partial charge in [-0.15, -0.1) is 0 Å². The van der Waals surface area contributed by atoms with Crippen LogP contribution in [-0.4, -0.2) is 61.8 Å². The lowest BCUT2D eigenvalue weighted by atomic mass is 9.91. The fourth-order valence-electron chi connectivity index (χ4n) is 6.44. The molecule has 5 aromatic rings. The Balaban J connectivity index is 1.22. The number of carboxylic acids is 1. The highest BCUT2D eigenvalue weighted by atomic mass is 35.5. The molecule has 0 saturated carbocycles. The van der Waals surface area contributed by atoms with Crippen LogP contribution in [0.2, 0.25) is 5.02 Å². The third-order valence-electron chi connectivity index (χ3n) is 9.46. The van der Waals surface area contributed by atoms with Crippen LogP contribution in [0.4, 0.5) is 0 Å². The molecule has 1 fully saturated rings. The van der Waals surface area contributed by atoms with Gasteiger partial charge in [0, 0.05) is 66.2 Å². The number of rotatable bonds is 15. The molecule has 3 heterocycles. The molecule has 0 radical (unpaired) electrons. The molecule has 272 valence electrons. The second-order valence-corrected chi connectivity index (χ2v) is 13.5. The molecule has 2 aromatic heterocycles. The van der Waals surface area contributed by atoms with E-state index in [2.05, 4.69) is 53.3 Å². The highest BCUT2D eigenvalue weighted by Gasteiger charge is 2.19. The Morgan fingerprint density at radius 3 is 2.32 bits per heavy atom. The Kier molecular flexibility index (Phi) is 12.3. The van der Waals surface area contributed by atoms with Crippen LogP contribution in [0.15, 0.2) is 79.4 Å². The molecule has 0 aliphatic carbocycles. The van der Waals surface area contributed by atoms with Crippen molar-refractivity contribution >= 4 is 17.6 Å². The Hall–Kier alpha value is -5.38. The van der Waals surface area contributed by atoms with E-state index < -0.39 is 18.6 Å². The molecule has 3 aromatic carbocycles. The molecule has 1 saturated heterocycles. The summed E-state index contributed by atoms with van der Waals surface area (Å²) in [5, 5.41) is 31.3. The van der Waals surface area contributed by atoms with Crippen molar-refractivity contribution < 1.29 is 24.5 Å². The molecule has 0 spiro atoms. The van der Waals surface area contributed by atoms with Crippen molar-refractivity contribution in [2.24, 2.45) is 0 Å². The monoisotopic (exact) mass is 732 g/mol. The maximum Gasteiger partial charge on any atom is 0.323 e. The largest absolute Gasteiger partial charge is 0.488 e. The molecule has 11 nitrogen and oxygen atoms in total. The summed E-state index contributed by atoms with van der Waals surface area (Å²) in [5.41, 5.74) is 8.97. The SMILES string of the molecule is Cc1c(COc2cc(OCc3cncc(C#N)c3)c(CNC(CO)C(=O)O)cc2Cl)cccc1-c1cccc(-c2ncc(CN3CCCC3)cn2)c1C. The second kappa shape index (κ2) is 17.4. The van der Waals surface area contributed by atoms with Crippen LogP contribution in [-0.2, 0) is 31.1 Å². The van der Waals surface area contributed by atoms with Gasteiger partial charge in [0.2, 0.25) is 0 Å². The third kappa shape index (κ3) is 9.17. The minimum Gasteiger partial charge on any atom is -0.488 e. The van der Waals surface area contributed by atoms with Crippen LogP contribution in [0.25, 0.3) is 22.5 Å². The predicted molar refractivity (Wildman–Crippen MR) is 201 cm³/mol. The van der Waals surface area contributed by atoms with Crippen molar-refractivity contribution in [3.05, 3.63) is 123 Å². The van der Waals surface area contributed by atoms with Gasteiger partial charge < -0.3 is 19.7 Å². The number of aromatic nitrogens is 3. The summed E-state index contributed by atoms with van der Waals surface area (Å²) in [7, 11) is 0. The number of carbonyl (C=O) groups is 1. The molecule has 0 amide bonds. The van der Waals surface area contributed by atoms with Crippen LogP contribution in [0.5, 0.6) is 11.5 Å². The lowest BCUT2D eigenvalue weighted by Crippen LogP contribution is -2.39. The fourth-order valence-corrected chi connectivity index (χ4v) is 6.68. The Morgan fingerprint density at radius 2 is 1.60 bits per heavy atom. The molecule has 53 heavy (non-hydrogen) atoms. The van der Waals surface area contributed by atoms with Crippen molar-refractivity contribution in [1.82, 2.24) is 25.2 Å². The molecule has 12 heteroatoms. The average Bonchev–Trinajstić information content (AvgIpc) is 3.68. The van der Waals surface area contributed by atoms with Gasteiger partial charge >= 0.3 is 5.97 Å². The summed E-state index contributed by atoms with van der Waals surface area (Å²) in [5.74, 6) is 0.280. The maximum atomic E-state index is 11.5. The summed E-state index contributed by atoms with van der Waals surface area (Å²) in [6.07, 6.45) is 9.43. The van der Waals surface area contributed by atoms with Crippen LogP contribution >= 0.6 is 11.6 Å². The number of hydrogen-bond donors (Lipinski definition) is 3. The van der Waals surface area contributed by atoms with Crippen molar-refractivity contribution in [2.45, 2.75) is 59.0 Å². The Labute approximate surface area is 313 Å². The maximum absolute atomic E-state index is 11.5. The van der Waals surface area contributed by atoms with E-state index in [-0.39, 0.29) is 19.8 Å². The fraction of sp³-hybridized carbons (Fsp3) is 0.293. The normalized spacial score (nSPS) is 13.4. The minimum absolute atomic E-state index is 0.0523. The second-order valence-electron chi connectivity index (χ2n) is 13.1. The first-order valence-electron chi connectivity index (χ1n) is 17.4. The molecule has 1 atom stereocenters. The van der Waals surface area contributed by atoms with Gasteiger partial charge in [0.25, 0.3) is 0 Å². The first kappa shape index (κ1) is 37.4. The number of hydrogen-bond acceptors (Lipinski definition) is 10. The highest BCUT2D eigenvalue weighted by molar-refractivity contribution is 6.32. The molecular formula is C41H41ClN6O5.